The quantitative estimate of drug-likeness (QED) is 0.774. The van der Waals surface area contributed by atoms with Crippen LogP contribution in [0.4, 0.5) is 9.18 Å². The third-order valence-electron chi connectivity index (χ3n) is 3.87. The smallest absolute Gasteiger partial charge is 0.410 e. The van der Waals surface area contributed by atoms with Gasteiger partial charge in [-0.15, -0.1) is 0 Å². The van der Waals surface area contributed by atoms with Gasteiger partial charge in [0.1, 0.15) is 17.2 Å². The van der Waals surface area contributed by atoms with E-state index < -0.39 is 17.5 Å². The summed E-state index contributed by atoms with van der Waals surface area (Å²) in [4.78, 5) is 25.5. The Morgan fingerprint density at radius 2 is 2.12 bits per heavy atom. The van der Waals surface area contributed by atoms with Crippen LogP contribution in [0, 0.1) is 5.82 Å². The number of ether oxygens (including phenoxy) is 2. The molecule has 1 fully saturated rings. The molecule has 0 saturated carbocycles. The predicted molar refractivity (Wildman–Crippen MR) is 98.5 cm³/mol. The monoisotopic (exact) mass is 430 g/mol. The fourth-order valence-corrected chi connectivity index (χ4v) is 3.13. The predicted octanol–water partition coefficient (Wildman–Crippen LogP) is 3.61. The van der Waals surface area contributed by atoms with Crippen LogP contribution in [0.2, 0.25) is 0 Å². The molecule has 1 aliphatic heterocycles. The molecule has 0 aliphatic carbocycles. The van der Waals surface area contributed by atoms with Gasteiger partial charge in [0, 0.05) is 29.0 Å². The van der Waals surface area contributed by atoms with Gasteiger partial charge in [-0.3, -0.25) is 4.79 Å². The molecule has 1 heterocycles. The second-order valence-corrected chi connectivity index (χ2v) is 8.15. The number of hydrogen-bond acceptors (Lipinski definition) is 4. The summed E-state index contributed by atoms with van der Waals surface area (Å²) in [6.45, 7) is 5.51. The molecule has 2 amide bonds. The molecule has 1 aromatic rings. The van der Waals surface area contributed by atoms with Gasteiger partial charge in [-0.1, -0.05) is 15.9 Å². The first-order valence-electron chi connectivity index (χ1n) is 8.38. The van der Waals surface area contributed by atoms with Crippen molar-refractivity contribution in [1.82, 2.24) is 10.2 Å². The number of amides is 2. The van der Waals surface area contributed by atoms with Gasteiger partial charge < -0.3 is 19.7 Å². The topological polar surface area (TPSA) is 67.9 Å². The van der Waals surface area contributed by atoms with E-state index in [1.807, 2.05) is 0 Å². The highest BCUT2D eigenvalue weighted by molar-refractivity contribution is 9.10. The summed E-state index contributed by atoms with van der Waals surface area (Å²) in [6.07, 6.45) is 0.476. The lowest BCUT2D eigenvalue weighted by Crippen LogP contribution is -2.44. The van der Waals surface area contributed by atoms with Crippen LogP contribution in [0.1, 0.15) is 39.2 Å². The zero-order chi connectivity index (χ0) is 19.5. The van der Waals surface area contributed by atoms with Crippen molar-refractivity contribution >= 4 is 27.9 Å². The molecule has 26 heavy (non-hydrogen) atoms. The van der Waals surface area contributed by atoms with Crippen molar-refractivity contribution in [1.29, 1.82) is 0 Å². The SMILES string of the molecule is COc1cc(Br)cc(F)c1CN(C[C@@H]1CCC(=O)N1)C(=O)OC(C)(C)C. The lowest BCUT2D eigenvalue weighted by atomic mass is 10.1. The maximum Gasteiger partial charge on any atom is 0.410 e. The van der Waals surface area contributed by atoms with Crippen LogP contribution in [0.15, 0.2) is 16.6 Å². The summed E-state index contributed by atoms with van der Waals surface area (Å²) in [5, 5.41) is 2.82. The first-order chi connectivity index (χ1) is 12.1. The standard InChI is InChI=1S/C18H24BrFN2O4/c1-18(2,3)26-17(24)22(9-12-5-6-16(23)21-12)10-13-14(20)7-11(19)8-15(13)25-4/h7-8,12H,5-6,9-10H2,1-4H3,(H,21,23)/t12-/m0/s1. The average Bonchev–Trinajstić information content (AvgIpc) is 2.91. The van der Waals surface area contributed by atoms with Crippen LogP contribution in [0.3, 0.4) is 0 Å². The van der Waals surface area contributed by atoms with E-state index >= 15 is 0 Å². The number of benzene rings is 1. The van der Waals surface area contributed by atoms with Crippen molar-refractivity contribution in [3.8, 4) is 5.75 Å². The number of rotatable bonds is 5. The maximum atomic E-state index is 14.5. The largest absolute Gasteiger partial charge is 0.496 e. The molecule has 1 atom stereocenters. The van der Waals surface area contributed by atoms with Gasteiger partial charge in [-0.2, -0.15) is 0 Å². The second kappa shape index (κ2) is 8.24. The van der Waals surface area contributed by atoms with Crippen LogP contribution < -0.4 is 10.1 Å². The lowest BCUT2D eigenvalue weighted by molar-refractivity contribution is -0.119. The average molecular weight is 431 g/mol. The van der Waals surface area contributed by atoms with E-state index in [2.05, 4.69) is 21.2 Å². The first kappa shape index (κ1) is 20.5. The van der Waals surface area contributed by atoms with E-state index in [9.17, 15) is 14.0 Å². The van der Waals surface area contributed by atoms with Gasteiger partial charge in [-0.25, -0.2) is 9.18 Å². The van der Waals surface area contributed by atoms with Gasteiger partial charge in [0.15, 0.2) is 0 Å². The molecule has 0 spiro atoms. The van der Waals surface area contributed by atoms with Crippen LogP contribution >= 0.6 is 15.9 Å². The van der Waals surface area contributed by atoms with E-state index in [0.717, 1.165) is 0 Å². The van der Waals surface area contributed by atoms with Crippen molar-refractivity contribution in [2.24, 2.45) is 0 Å². The number of hydrogen-bond donors (Lipinski definition) is 1. The fraction of sp³-hybridized carbons (Fsp3) is 0.556. The zero-order valence-corrected chi connectivity index (χ0v) is 17.0. The van der Waals surface area contributed by atoms with Crippen molar-refractivity contribution in [2.75, 3.05) is 13.7 Å². The number of methoxy groups -OCH3 is 1. The summed E-state index contributed by atoms with van der Waals surface area (Å²) in [5.41, 5.74) is -0.428. The molecule has 1 aromatic carbocycles. The number of halogens is 2. The minimum absolute atomic E-state index is 0.0242. The molecule has 0 bridgehead atoms. The Morgan fingerprint density at radius 1 is 1.42 bits per heavy atom. The van der Waals surface area contributed by atoms with Gasteiger partial charge in [-0.05, 0) is 39.3 Å². The molecule has 8 heteroatoms. The summed E-state index contributed by atoms with van der Waals surface area (Å²) >= 11 is 3.23. The van der Waals surface area contributed by atoms with Gasteiger partial charge in [0.25, 0.3) is 0 Å². The third-order valence-corrected chi connectivity index (χ3v) is 4.32. The highest BCUT2D eigenvalue weighted by Gasteiger charge is 2.29. The molecule has 1 saturated heterocycles. The van der Waals surface area contributed by atoms with E-state index in [1.165, 1.54) is 18.1 Å². The zero-order valence-electron chi connectivity index (χ0n) is 15.4. The number of nitrogens with one attached hydrogen (secondary N) is 1. The summed E-state index contributed by atoms with van der Waals surface area (Å²) in [7, 11) is 1.44. The van der Waals surface area contributed by atoms with E-state index in [1.54, 1.807) is 26.8 Å². The fourth-order valence-electron chi connectivity index (χ4n) is 2.72. The van der Waals surface area contributed by atoms with Crippen LogP contribution in [-0.4, -0.2) is 42.2 Å². The molecular formula is C18H24BrFN2O4. The molecule has 2 rings (SSSR count). The van der Waals surface area contributed by atoms with E-state index in [-0.39, 0.29) is 30.6 Å². The normalized spacial score (nSPS) is 17.0. The van der Waals surface area contributed by atoms with Gasteiger partial charge in [0.2, 0.25) is 5.91 Å². The molecular weight excluding hydrogens is 407 g/mol. The van der Waals surface area contributed by atoms with Crippen molar-refractivity contribution in [3.63, 3.8) is 0 Å². The number of carbonyl (C=O) groups excluding carboxylic acids is 2. The molecule has 1 aliphatic rings. The Bertz CT molecular complexity index is 691. The van der Waals surface area contributed by atoms with E-state index in [4.69, 9.17) is 9.47 Å². The minimum atomic E-state index is -0.684. The maximum absolute atomic E-state index is 14.5. The van der Waals surface area contributed by atoms with Gasteiger partial charge in [0.05, 0.1) is 13.7 Å². The van der Waals surface area contributed by atoms with Crippen molar-refractivity contribution in [3.05, 3.63) is 28.0 Å². The third kappa shape index (κ3) is 5.59. The molecule has 6 nitrogen and oxygen atoms in total. The Morgan fingerprint density at radius 3 is 2.65 bits per heavy atom. The summed E-state index contributed by atoms with van der Waals surface area (Å²) in [5.74, 6) is -0.201. The Kier molecular flexibility index (Phi) is 6.49. The van der Waals surface area contributed by atoms with Crippen molar-refractivity contribution < 1.29 is 23.5 Å². The highest BCUT2D eigenvalue weighted by Crippen LogP contribution is 2.28. The molecule has 0 unspecified atom stereocenters. The second-order valence-electron chi connectivity index (χ2n) is 7.23. The highest BCUT2D eigenvalue weighted by atomic mass is 79.9. The number of carbonyl (C=O) groups is 2. The van der Waals surface area contributed by atoms with E-state index in [0.29, 0.717) is 23.1 Å². The van der Waals surface area contributed by atoms with Crippen LogP contribution in [0.5, 0.6) is 5.75 Å². The Hall–Kier alpha value is -1.83. The van der Waals surface area contributed by atoms with Gasteiger partial charge >= 0.3 is 6.09 Å². The molecule has 1 N–H and O–H groups in total. The Balaban J connectivity index is 2.26. The molecule has 0 aromatic heterocycles. The lowest BCUT2D eigenvalue weighted by Gasteiger charge is -2.29. The van der Waals surface area contributed by atoms with Crippen LogP contribution in [-0.2, 0) is 16.1 Å². The first-order valence-corrected chi connectivity index (χ1v) is 9.17. The summed E-state index contributed by atoms with van der Waals surface area (Å²) in [6, 6.07) is 2.78. The van der Waals surface area contributed by atoms with Crippen LogP contribution in [0.25, 0.3) is 0 Å². The Labute approximate surface area is 161 Å². The number of nitrogens with zero attached hydrogens (tertiary/aromatic N) is 1. The minimum Gasteiger partial charge on any atom is -0.496 e. The van der Waals surface area contributed by atoms with Crippen molar-refractivity contribution in [2.45, 2.75) is 51.8 Å². The molecule has 144 valence electrons. The molecule has 0 radical (unpaired) electrons. The summed E-state index contributed by atoms with van der Waals surface area (Å²) < 4.78 is 25.7.